The molecule has 1 fully saturated rings. The number of aliphatic carboxylic acids is 1. The Morgan fingerprint density at radius 1 is 1.56 bits per heavy atom. The SMILES string of the molecule is Cc1cncc(NC(=O)N2CSCC2C(=O)O)c1. The number of anilines is 1. The Morgan fingerprint density at radius 2 is 2.33 bits per heavy atom. The van der Waals surface area contributed by atoms with Crippen molar-refractivity contribution in [2.24, 2.45) is 0 Å². The predicted octanol–water partition coefficient (Wildman–Crippen LogP) is 1.38. The zero-order valence-electron chi connectivity index (χ0n) is 9.79. The van der Waals surface area contributed by atoms with Gasteiger partial charge in [0, 0.05) is 11.9 Å². The van der Waals surface area contributed by atoms with Crippen LogP contribution in [0.1, 0.15) is 5.56 Å². The molecule has 2 rings (SSSR count). The molecule has 0 radical (unpaired) electrons. The van der Waals surface area contributed by atoms with E-state index in [0.29, 0.717) is 17.3 Å². The molecule has 2 heterocycles. The Kier molecular flexibility index (Phi) is 3.71. The first kappa shape index (κ1) is 12.7. The fourth-order valence-corrected chi connectivity index (χ4v) is 2.81. The van der Waals surface area contributed by atoms with Gasteiger partial charge >= 0.3 is 12.0 Å². The quantitative estimate of drug-likeness (QED) is 0.846. The normalized spacial score (nSPS) is 18.7. The van der Waals surface area contributed by atoms with Crippen molar-refractivity contribution in [3.63, 3.8) is 0 Å². The van der Waals surface area contributed by atoms with E-state index in [2.05, 4.69) is 10.3 Å². The van der Waals surface area contributed by atoms with E-state index in [1.54, 1.807) is 12.3 Å². The maximum atomic E-state index is 12.0. The molecule has 0 bridgehead atoms. The molecule has 6 nitrogen and oxygen atoms in total. The summed E-state index contributed by atoms with van der Waals surface area (Å²) < 4.78 is 0. The number of nitrogens with one attached hydrogen (secondary N) is 1. The molecule has 1 unspecified atom stereocenters. The van der Waals surface area contributed by atoms with E-state index >= 15 is 0 Å². The number of hydrogen-bond donors (Lipinski definition) is 2. The van der Waals surface area contributed by atoms with Crippen LogP contribution in [-0.4, -0.2) is 44.7 Å². The fraction of sp³-hybridized carbons (Fsp3) is 0.364. The van der Waals surface area contributed by atoms with Crippen molar-refractivity contribution in [1.82, 2.24) is 9.88 Å². The molecule has 1 atom stereocenters. The maximum Gasteiger partial charge on any atom is 0.327 e. The molecule has 1 aliphatic rings. The van der Waals surface area contributed by atoms with Crippen molar-refractivity contribution >= 4 is 29.4 Å². The number of rotatable bonds is 2. The van der Waals surface area contributed by atoms with Gasteiger partial charge in [0.2, 0.25) is 0 Å². The van der Waals surface area contributed by atoms with Crippen molar-refractivity contribution < 1.29 is 14.7 Å². The number of amides is 2. The predicted molar refractivity (Wildman–Crippen MR) is 68.6 cm³/mol. The zero-order valence-corrected chi connectivity index (χ0v) is 10.6. The van der Waals surface area contributed by atoms with Crippen LogP contribution in [0.4, 0.5) is 10.5 Å². The molecular formula is C11H13N3O3S. The topological polar surface area (TPSA) is 82.5 Å². The molecule has 0 spiro atoms. The number of thioether (sulfide) groups is 1. The first-order valence-corrected chi connectivity index (χ1v) is 6.53. The summed E-state index contributed by atoms with van der Waals surface area (Å²) in [7, 11) is 0. The summed E-state index contributed by atoms with van der Waals surface area (Å²) in [6, 6.07) is 0.622. The molecule has 2 amide bonds. The highest BCUT2D eigenvalue weighted by molar-refractivity contribution is 7.99. The summed E-state index contributed by atoms with van der Waals surface area (Å²) in [6.07, 6.45) is 3.21. The number of carboxylic acid groups (broad SMARTS) is 1. The first-order chi connectivity index (χ1) is 8.58. The van der Waals surface area contributed by atoms with E-state index in [0.717, 1.165) is 5.56 Å². The van der Waals surface area contributed by atoms with Crippen molar-refractivity contribution in [3.05, 3.63) is 24.0 Å². The summed E-state index contributed by atoms with van der Waals surface area (Å²) in [5.74, 6) is -0.158. The van der Waals surface area contributed by atoms with E-state index in [-0.39, 0.29) is 0 Å². The van der Waals surface area contributed by atoms with Crippen LogP contribution in [0.2, 0.25) is 0 Å². The summed E-state index contributed by atoms with van der Waals surface area (Å²) in [5, 5.41) is 11.7. The second-order valence-electron chi connectivity index (χ2n) is 4.00. The van der Waals surface area contributed by atoms with Gasteiger partial charge in [-0.05, 0) is 18.6 Å². The Morgan fingerprint density at radius 3 is 3.00 bits per heavy atom. The highest BCUT2D eigenvalue weighted by atomic mass is 32.2. The highest BCUT2D eigenvalue weighted by Crippen LogP contribution is 2.22. The second-order valence-corrected chi connectivity index (χ2v) is 5.00. The van der Waals surface area contributed by atoms with Gasteiger partial charge in [-0.15, -0.1) is 11.8 Å². The molecule has 1 saturated heterocycles. The Balaban J connectivity index is 2.06. The lowest BCUT2D eigenvalue weighted by molar-refractivity contribution is -0.140. The van der Waals surface area contributed by atoms with Gasteiger partial charge in [-0.1, -0.05) is 0 Å². The fourth-order valence-electron chi connectivity index (χ4n) is 1.67. The van der Waals surface area contributed by atoms with Crippen LogP contribution in [0.5, 0.6) is 0 Å². The number of carbonyl (C=O) groups excluding carboxylic acids is 1. The standard InChI is InChI=1S/C11H13N3O3S/c1-7-2-8(4-12-3-7)13-11(17)14-6-18-5-9(14)10(15)16/h2-4,9H,5-6H2,1H3,(H,13,17)(H,15,16). The summed E-state index contributed by atoms with van der Waals surface area (Å²) in [4.78, 5) is 28.2. The molecule has 1 aliphatic heterocycles. The van der Waals surface area contributed by atoms with Gasteiger partial charge in [0.1, 0.15) is 6.04 Å². The van der Waals surface area contributed by atoms with Gasteiger partial charge < -0.3 is 15.3 Å². The number of pyridine rings is 1. The number of carboxylic acids is 1. The van der Waals surface area contributed by atoms with Crippen LogP contribution < -0.4 is 5.32 Å². The van der Waals surface area contributed by atoms with Crippen LogP contribution >= 0.6 is 11.8 Å². The van der Waals surface area contributed by atoms with Gasteiger partial charge in [0.15, 0.2) is 0 Å². The second kappa shape index (κ2) is 5.26. The summed E-state index contributed by atoms with van der Waals surface area (Å²) in [6.45, 7) is 1.87. The number of nitrogens with zero attached hydrogens (tertiary/aromatic N) is 2. The zero-order chi connectivity index (χ0) is 13.1. The minimum Gasteiger partial charge on any atom is -0.480 e. The third-order valence-corrected chi connectivity index (χ3v) is 3.57. The van der Waals surface area contributed by atoms with Gasteiger partial charge in [-0.3, -0.25) is 4.98 Å². The van der Waals surface area contributed by atoms with Crippen molar-refractivity contribution in [1.29, 1.82) is 0 Å². The molecular weight excluding hydrogens is 254 g/mol. The van der Waals surface area contributed by atoms with E-state index in [1.165, 1.54) is 22.9 Å². The molecule has 0 aliphatic carbocycles. The Bertz CT molecular complexity index is 480. The van der Waals surface area contributed by atoms with Crippen molar-refractivity contribution in [3.8, 4) is 0 Å². The minimum atomic E-state index is -0.975. The highest BCUT2D eigenvalue weighted by Gasteiger charge is 2.34. The first-order valence-electron chi connectivity index (χ1n) is 5.38. The number of urea groups is 1. The van der Waals surface area contributed by atoms with E-state index in [9.17, 15) is 9.59 Å². The lowest BCUT2D eigenvalue weighted by Crippen LogP contribution is -2.43. The van der Waals surface area contributed by atoms with Crippen molar-refractivity contribution in [2.75, 3.05) is 16.9 Å². The number of aromatic nitrogens is 1. The number of hydrogen-bond acceptors (Lipinski definition) is 4. The van der Waals surface area contributed by atoms with E-state index in [4.69, 9.17) is 5.11 Å². The molecule has 1 aromatic heterocycles. The lowest BCUT2D eigenvalue weighted by Gasteiger charge is -2.20. The van der Waals surface area contributed by atoms with Gasteiger partial charge in [-0.25, -0.2) is 9.59 Å². The van der Waals surface area contributed by atoms with E-state index in [1.807, 2.05) is 6.92 Å². The molecule has 96 valence electrons. The molecule has 2 N–H and O–H groups in total. The minimum absolute atomic E-state index is 0.391. The van der Waals surface area contributed by atoms with Gasteiger partial charge in [0.05, 0.1) is 17.8 Å². The van der Waals surface area contributed by atoms with Gasteiger partial charge in [0.25, 0.3) is 0 Å². The van der Waals surface area contributed by atoms with Crippen LogP contribution in [0.25, 0.3) is 0 Å². The average Bonchev–Trinajstić information content (AvgIpc) is 2.77. The van der Waals surface area contributed by atoms with Crippen LogP contribution in [0.3, 0.4) is 0 Å². The number of aryl methyl sites for hydroxylation is 1. The lowest BCUT2D eigenvalue weighted by atomic mass is 10.3. The number of carbonyl (C=O) groups is 2. The third kappa shape index (κ3) is 2.73. The van der Waals surface area contributed by atoms with Gasteiger partial charge in [-0.2, -0.15) is 0 Å². The summed E-state index contributed by atoms with van der Waals surface area (Å²) >= 11 is 1.43. The monoisotopic (exact) mass is 267 g/mol. The molecule has 18 heavy (non-hydrogen) atoms. The third-order valence-electron chi connectivity index (χ3n) is 2.55. The molecule has 1 aromatic rings. The summed E-state index contributed by atoms with van der Waals surface area (Å²) in [5.41, 5.74) is 1.50. The smallest absolute Gasteiger partial charge is 0.327 e. The maximum absolute atomic E-state index is 12.0. The molecule has 0 saturated carbocycles. The molecule has 7 heteroatoms. The largest absolute Gasteiger partial charge is 0.480 e. The van der Waals surface area contributed by atoms with Crippen molar-refractivity contribution in [2.45, 2.75) is 13.0 Å². The van der Waals surface area contributed by atoms with Crippen LogP contribution in [-0.2, 0) is 4.79 Å². The van der Waals surface area contributed by atoms with E-state index < -0.39 is 18.0 Å². The molecule has 0 aromatic carbocycles. The average molecular weight is 267 g/mol. The van der Waals surface area contributed by atoms with Crippen LogP contribution in [0.15, 0.2) is 18.5 Å². The Labute approximate surface area is 108 Å². The Hall–Kier alpha value is -1.76. The van der Waals surface area contributed by atoms with Crippen LogP contribution in [0, 0.1) is 6.92 Å².